The molecule has 1 aromatic heterocycles. The molecule has 0 saturated carbocycles. The lowest BCUT2D eigenvalue weighted by Gasteiger charge is -2.19. The maximum atomic E-state index is 5.48. The molecule has 5 nitrogen and oxygen atoms in total. The van der Waals surface area contributed by atoms with Crippen molar-refractivity contribution < 1.29 is 9.47 Å². The number of ether oxygens (including phenoxy) is 2. The van der Waals surface area contributed by atoms with E-state index in [1.807, 2.05) is 23.6 Å². The largest absolute Gasteiger partial charge is 0.497 e. The Kier molecular flexibility index (Phi) is 5.31. The molecule has 1 N–H and O–H groups in total. The summed E-state index contributed by atoms with van der Waals surface area (Å²) in [7, 11) is 3.31. The molecule has 0 radical (unpaired) electrons. The van der Waals surface area contributed by atoms with Gasteiger partial charge in [0.1, 0.15) is 11.5 Å². The van der Waals surface area contributed by atoms with Crippen LogP contribution in [0.3, 0.4) is 0 Å². The number of aromatic nitrogens is 2. The van der Waals surface area contributed by atoms with Gasteiger partial charge in [0.25, 0.3) is 0 Å². The highest BCUT2D eigenvalue weighted by Crippen LogP contribution is 2.32. The van der Waals surface area contributed by atoms with E-state index in [1.165, 1.54) is 11.5 Å². The summed E-state index contributed by atoms with van der Waals surface area (Å²) in [6.45, 7) is 3.03. The van der Waals surface area contributed by atoms with Crippen molar-refractivity contribution >= 4 is 11.5 Å². The fourth-order valence-corrected chi connectivity index (χ4v) is 2.50. The number of benzene rings is 1. The minimum absolute atomic E-state index is 0.0189. The molecule has 0 bridgehead atoms. The maximum Gasteiger partial charge on any atom is 0.127 e. The first kappa shape index (κ1) is 14.7. The third-order valence-electron chi connectivity index (χ3n) is 3.02. The van der Waals surface area contributed by atoms with Gasteiger partial charge >= 0.3 is 0 Å². The van der Waals surface area contributed by atoms with Gasteiger partial charge in [-0.3, -0.25) is 0 Å². The minimum Gasteiger partial charge on any atom is -0.497 e. The highest BCUT2D eigenvalue weighted by Gasteiger charge is 2.20. The predicted octanol–water partition coefficient (Wildman–Crippen LogP) is 2.64. The number of methoxy groups -OCH3 is 2. The van der Waals surface area contributed by atoms with Crippen molar-refractivity contribution in [3.63, 3.8) is 0 Å². The molecule has 2 rings (SSSR count). The van der Waals surface area contributed by atoms with Crippen LogP contribution in [0.15, 0.2) is 23.6 Å². The lowest BCUT2D eigenvalue weighted by Crippen LogP contribution is -2.24. The van der Waals surface area contributed by atoms with E-state index in [9.17, 15) is 0 Å². The van der Waals surface area contributed by atoms with Gasteiger partial charge < -0.3 is 14.8 Å². The van der Waals surface area contributed by atoms with Crippen molar-refractivity contribution in [2.75, 3.05) is 20.8 Å². The Labute approximate surface area is 123 Å². The number of rotatable bonds is 7. The highest BCUT2D eigenvalue weighted by atomic mass is 32.1. The Balaban J connectivity index is 2.37. The normalized spacial score (nSPS) is 12.2. The summed E-state index contributed by atoms with van der Waals surface area (Å²) in [6, 6.07) is 5.80. The van der Waals surface area contributed by atoms with Gasteiger partial charge in [0.15, 0.2) is 0 Å². The number of nitrogens with one attached hydrogen (secondary N) is 1. The monoisotopic (exact) mass is 293 g/mol. The second-order valence-corrected chi connectivity index (χ2v) is 4.93. The first-order valence-electron chi connectivity index (χ1n) is 6.52. The van der Waals surface area contributed by atoms with E-state index in [4.69, 9.17) is 9.47 Å². The first-order chi connectivity index (χ1) is 9.80. The molecule has 0 aliphatic heterocycles. The van der Waals surface area contributed by atoms with Crippen LogP contribution in [0.1, 0.15) is 30.6 Å². The van der Waals surface area contributed by atoms with Crippen LogP contribution in [-0.2, 0) is 0 Å². The molecule has 20 heavy (non-hydrogen) atoms. The summed E-state index contributed by atoms with van der Waals surface area (Å²) in [4.78, 5) is 0. The summed E-state index contributed by atoms with van der Waals surface area (Å²) < 4.78 is 14.7. The molecule has 1 heterocycles. The van der Waals surface area contributed by atoms with Crippen LogP contribution in [0.5, 0.6) is 11.5 Å². The molecule has 0 aliphatic carbocycles. The van der Waals surface area contributed by atoms with Crippen LogP contribution in [0.2, 0.25) is 0 Å². The van der Waals surface area contributed by atoms with E-state index < -0.39 is 0 Å². The van der Waals surface area contributed by atoms with Gasteiger partial charge in [-0.15, -0.1) is 5.10 Å². The van der Waals surface area contributed by atoms with Crippen molar-refractivity contribution in [2.45, 2.75) is 19.4 Å². The molecule has 6 heteroatoms. The zero-order chi connectivity index (χ0) is 14.4. The Morgan fingerprint density at radius 2 is 2.15 bits per heavy atom. The molecular formula is C14H19N3O2S. The fraction of sp³-hybridized carbons (Fsp3) is 0.429. The van der Waals surface area contributed by atoms with Crippen LogP contribution < -0.4 is 14.8 Å². The quantitative estimate of drug-likeness (QED) is 0.850. The second-order valence-electron chi connectivity index (χ2n) is 4.32. The molecule has 0 amide bonds. The van der Waals surface area contributed by atoms with Crippen LogP contribution >= 0.6 is 11.5 Å². The molecule has 1 atom stereocenters. The Morgan fingerprint density at radius 3 is 2.75 bits per heavy atom. The van der Waals surface area contributed by atoms with E-state index in [2.05, 4.69) is 21.8 Å². The van der Waals surface area contributed by atoms with Crippen LogP contribution in [0.4, 0.5) is 0 Å². The standard InChI is InChI=1S/C14H19N3O2S/c1-4-7-15-14(12-9-20-17-16-12)11-6-5-10(18-2)8-13(11)19-3/h5-6,8-9,14-15H,4,7H2,1-3H3. The smallest absolute Gasteiger partial charge is 0.127 e. The van der Waals surface area contributed by atoms with Crippen molar-refractivity contribution in [3.05, 3.63) is 34.8 Å². The third kappa shape index (κ3) is 3.26. The zero-order valence-electron chi connectivity index (χ0n) is 11.9. The van der Waals surface area contributed by atoms with Gasteiger partial charge in [-0.05, 0) is 36.6 Å². The SMILES string of the molecule is CCCNC(c1csnn1)c1ccc(OC)cc1OC. The number of hydrogen-bond donors (Lipinski definition) is 1. The van der Waals surface area contributed by atoms with Crippen LogP contribution in [-0.4, -0.2) is 30.4 Å². The molecule has 108 valence electrons. The molecule has 1 aromatic carbocycles. The average Bonchev–Trinajstić information content (AvgIpc) is 3.02. The molecule has 0 aliphatic rings. The van der Waals surface area contributed by atoms with Crippen molar-refractivity contribution in [2.24, 2.45) is 0 Å². The summed E-state index contributed by atoms with van der Waals surface area (Å²) in [5.74, 6) is 1.56. The van der Waals surface area contributed by atoms with Crippen molar-refractivity contribution in [1.82, 2.24) is 14.9 Å². The van der Waals surface area contributed by atoms with Crippen LogP contribution in [0.25, 0.3) is 0 Å². The Hall–Kier alpha value is -1.66. The minimum atomic E-state index is -0.0189. The van der Waals surface area contributed by atoms with Gasteiger partial charge in [-0.2, -0.15) is 0 Å². The lowest BCUT2D eigenvalue weighted by atomic mass is 10.0. The first-order valence-corrected chi connectivity index (χ1v) is 7.36. The average molecular weight is 293 g/mol. The topological polar surface area (TPSA) is 56.3 Å². The van der Waals surface area contributed by atoms with Gasteiger partial charge in [-0.25, -0.2) is 0 Å². The van der Waals surface area contributed by atoms with E-state index in [0.717, 1.165) is 35.7 Å². The maximum absolute atomic E-state index is 5.48. The summed E-state index contributed by atoms with van der Waals surface area (Å²) in [5, 5.41) is 9.62. The number of nitrogens with zero attached hydrogens (tertiary/aromatic N) is 2. The predicted molar refractivity (Wildman–Crippen MR) is 79.6 cm³/mol. The van der Waals surface area contributed by atoms with E-state index in [1.54, 1.807) is 14.2 Å². The molecular weight excluding hydrogens is 274 g/mol. The van der Waals surface area contributed by atoms with Crippen molar-refractivity contribution in [3.8, 4) is 11.5 Å². The van der Waals surface area contributed by atoms with Gasteiger partial charge in [-0.1, -0.05) is 11.4 Å². The molecule has 0 fully saturated rings. The molecule has 0 spiro atoms. The van der Waals surface area contributed by atoms with E-state index in [-0.39, 0.29) is 6.04 Å². The summed E-state index contributed by atoms with van der Waals surface area (Å²) in [5.41, 5.74) is 1.95. The van der Waals surface area contributed by atoms with Crippen LogP contribution in [0, 0.1) is 0 Å². The van der Waals surface area contributed by atoms with Crippen molar-refractivity contribution in [1.29, 1.82) is 0 Å². The third-order valence-corrected chi connectivity index (χ3v) is 3.55. The summed E-state index contributed by atoms with van der Waals surface area (Å²) >= 11 is 1.35. The van der Waals surface area contributed by atoms with Gasteiger partial charge in [0, 0.05) is 17.0 Å². The highest BCUT2D eigenvalue weighted by molar-refractivity contribution is 7.03. The number of hydrogen-bond acceptors (Lipinski definition) is 6. The van der Waals surface area contributed by atoms with E-state index >= 15 is 0 Å². The molecule has 0 saturated heterocycles. The van der Waals surface area contributed by atoms with Gasteiger partial charge in [0.2, 0.25) is 0 Å². The molecule has 1 unspecified atom stereocenters. The zero-order valence-corrected chi connectivity index (χ0v) is 12.7. The Morgan fingerprint density at radius 1 is 1.30 bits per heavy atom. The lowest BCUT2D eigenvalue weighted by molar-refractivity contribution is 0.387. The summed E-state index contributed by atoms with van der Waals surface area (Å²) in [6.07, 6.45) is 1.05. The Bertz CT molecular complexity index is 531. The van der Waals surface area contributed by atoms with Gasteiger partial charge in [0.05, 0.1) is 26.0 Å². The molecule has 2 aromatic rings. The fourth-order valence-electron chi connectivity index (χ4n) is 2.02. The van der Waals surface area contributed by atoms with E-state index in [0.29, 0.717) is 0 Å². The second kappa shape index (κ2) is 7.21.